The first-order valence-electron chi connectivity index (χ1n) is 4.48. The molecule has 1 N–H and O–H groups in total. The van der Waals surface area contributed by atoms with E-state index in [9.17, 15) is 14.4 Å². The molecule has 0 aromatic carbocycles. The highest BCUT2D eigenvalue weighted by Crippen LogP contribution is 2.16. The molecule has 1 aromatic rings. The number of imide groups is 2. The number of hydrogen-bond donors (Lipinski definition) is 1. The fourth-order valence-corrected chi connectivity index (χ4v) is 1.92. The van der Waals surface area contributed by atoms with Crippen molar-refractivity contribution in [2.24, 2.45) is 0 Å². The van der Waals surface area contributed by atoms with Crippen LogP contribution in [0.15, 0.2) is 23.1 Å². The van der Waals surface area contributed by atoms with E-state index in [1.165, 1.54) is 24.5 Å². The Morgan fingerprint density at radius 3 is 2.75 bits per heavy atom. The summed E-state index contributed by atoms with van der Waals surface area (Å²) in [4.78, 5) is 35.9. The molecule has 4 amide bonds. The van der Waals surface area contributed by atoms with Crippen LogP contribution >= 0.6 is 11.3 Å². The van der Waals surface area contributed by atoms with Crippen LogP contribution in [-0.4, -0.2) is 29.8 Å². The molecule has 0 unspecified atom stereocenters. The number of carbonyl (C=O) groups excluding carboxylic acids is 3. The van der Waals surface area contributed by atoms with Crippen molar-refractivity contribution in [1.82, 2.24) is 10.2 Å². The second-order valence-corrected chi connectivity index (χ2v) is 4.18. The lowest BCUT2D eigenvalue weighted by Gasteiger charge is -2.22. The molecule has 0 bridgehead atoms. The number of carbonyl (C=O) groups is 3. The summed E-state index contributed by atoms with van der Waals surface area (Å²) in [5.41, 5.74) is -0.0236. The standard InChI is InChI=1S/C10H8N2O3S/c1-12-9(14)7(8(13)11-10(12)15)5-6-3-2-4-16-6/h2-5H,1H3,(H,11,13,15)/b7-5-. The van der Waals surface area contributed by atoms with Crippen LogP contribution in [-0.2, 0) is 9.59 Å². The fraction of sp³-hybridized carbons (Fsp3) is 0.100. The van der Waals surface area contributed by atoms with Crippen molar-refractivity contribution < 1.29 is 14.4 Å². The van der Waals surface area contributed by atoms with E-state index in [0.717, 1.165) is 9.78 Å². The molecule has 2 heterocycles. The lowest BCUT2D eigenvalue weighted by Crippen LogP contribution is -2.52. The number of hydrogen-bond acceptors (Lipinski definition) is 4. The van der Waals surface area contributed by atoms with Crippen molar-refractivity contribution in [1.29, 1.82) is 0 Å². The van der Waals surface area contributed by atoms with Gasteiger partial charge in [0.15, 0.2) is 0 Å². The van der Waals surface area contributed by atoms with Gasteiger partial charge in [-0.1, -0.05) is 6.07 Å². The van der Waals surface area contributed by atoms with E-state index >= 15 is 0 Å². The summed E-state index contributed by atoms with van der Waals surface area (Å²) in [7, 11) is 1.33. The third-order valence-electron chi connectivity index (χ3n) is 2.13. The molecule has 0 radical (unpaired) electrons. The topological polar surface area (TPSA) is 66.5 Å². The summed E-state index contributed by atoms with van der Waals surface area (Å²) in [5.74, 6) is -1.23. The number of likely N-dealkylation sites (N-methyl/N-ethyl adjacent to an activating group) is 1. The van der Waals surface area contributed by atoms with Gasteiger partial charge in [0.05, 0.1) is 0 Å². The van der Waals surface area contributed by atoms with Gasteiger partial charge in [0, 0.05) is 11.9 Å². The van der Waals surface area contributed by atoms with E-state index in [2.05, 4.69) is 5.32 Å². The van der Waals surface area contributed by atoms with E-state index in [1.807, 2.05) is 11.4 Å². The Morgan fingerprint density at radius 2 is 2.12 bits per heavy atom. The maximum absolute atomic E-state index is 11.7. The summed E-state index contributed by atoms with van der Waals surface area (Å²) < 4.78 is 0. The van der Waals surface area contributed by atoms with Gasteiger partial charge in [-0.3, -0.25) is 19.8 Å². The SMILES string of the molecule is CN1C(=O)NC(=O)/C(=C/c2cccs2)C1=O. The number of rotatable bonds is 1. The van der Waals surface area contributed by atoms with Gasteiger partial charge < -0.3 is 0 Å². The van der Waals surface area contributed by atoms with Gasteiger partial charge in [-0.2, -0.15) is 0 Å². The van der Waals surface area contributed by atoms with Crippen LogP contribution in [0.3, 0.4) is 0 Å². The zero-order valence-corrected chi connectivity index (χ0v) is 9.21. The van der Waals surface area contributed by atoms with Crippen molar-refractivity contribution in [3.8, 4) is 0 Å². The highest BCUT2D eigenvalue weighted by molar-refractivity contribution is 7.10. The minimum atomic E-state index is -0.696. The number of amides is 4. The first kappa shape index (κ1) is 10.6. The first-order chi connectivity index (χ1) is 7.59. The quantitative estimate of drug-likeness (QED) is 0.580. The fourth-order valence-electron chi connectivity index (χ4n) is 1.26. The smallest absolute Gasteiger partial charge is 0.273 e. The molecule has 5 nitrogen and oxygen atoms in total. The van der Waals surface area contributed by atoms with Crippen molar-refractivity contribution in [2.75, 3.05) is 7.05 Å². The molecule has 1 aromatic heterocycles. The first-order valence-corrected chi connectivity index (χ1v) is 5.36. The molecule has 0 spiro atoms. The molecular formula is C10H8N2O3S. The number of urea groups is 1. The van der Waals surface area contributed by atoms with Gasteiger partial charge in [-0.05, 0) is 17.5 Å². The van der Waals surface area contributed by atoms with Gasteiger partial charge in [0.25, 0.3) is 11.8 Å². The zero-order chi connectivity index (χ0) is 11.7. The summed E-state index contributed by atoms with van der Waals surface area (Å²) >= 11 is 1.41. The molecule has 2 rings (SSSR count). The van der Waals surface area contributed by atoms with Crippen molar-refractivity contribution in [3.63, 3.8) is 0 Å². The van der Waals surface area contributed by atoms with E-state index in [0.29, 0.717) is 0 Å². The van der Waals surface area contributed by atoms with Crippen LogP contribution < -0.4 is 5.32 Å². The van der Waals surface area contributed by atoms with Crippen LogP contribution in [0, 0.1) is 0 Å². The molecule has 1 aliphatic rings. The molecule has 1 aliphatic heterocycles. The summed E-state index contributed by atoms with van der Waals surface area (Å²) in [6.07, 6.45) is 1.48. The molecule has 0 aliphatic carbocycles. The lowest BCUT2D eigenvalue weighted by atomic mass is 10.1. The number of nitrogens with zero attached hydrogens (tertiary/aromatic N) is 1. The van der Waals surface area contributed by atoms with Crippen molar-refractivity contribution in [2.45, 2.75) is 0 Å². The van der Waals surface area contributed by atoms with E-state index in [4.69, 9.17) is 0 Å². The van der Waals surface area contributed by atoms with Crippen molar-refractivity contribution >= 4 is 35.3 Å². The lowest BCUT2D eigenvalue weighted by molar-refractivity contribution is -0.129. The average molecular weight is 236 g/mol. The third kappa shape index (κ3) is 1.74. The molecule has 1 saturated heterocycles. The van der Waals surface area contributed by atoms with E-state index < -0.39 is 17.8 Å². The zero-order valence-electron chi connectivity index (χ0n) is 8.39. The molecule has 0 atom stereocenters. The van der Waals surface area contributed by atoms with Crippen LogP contribution in [0.1, 0.15) is 4.88 Å². The Labute approximate surface area is 95.4 Å². The summed E-state index contributed by atoms with van der Waals surface area (Å²) in [6, 6.07) is 2.91. The van der Waals surface area contributed by atoms with Crippen molar-refractivity contribution in [3.05, 3.63) is 28.0 Å². The van der Waals surface area contributed by atoms with Crippen LogP contribution in [0.2, 0.25) is 0 Å². The van der Waals surface area contributed by atoms with Crippen LogP contribution in [0.25, 0.3) is 6.08 Å². The Kier molecular flexibility index (Phi) is 2.57. The maximum atomic E-state index is 11.7. The normalized spacial score (nSPS) is 19.2. The monoisotopic (exact) mass is 236 g/mol. The molecule has 16 heavy (non-hydrogen) atoms. The van der Waals surface area contributed by atoms with Gasteiger partial charge >= 0.3 is 6.03 Å². The van der Waals surface area contributed by atoms with Gasteiger partial charge in [0.2, 0.25) is 0 Å². The Balaban J connectivity index is 2.37. The summed E-state index contributed by atoms with van der Waals surface area (Å²) in [6.45, 7) is 0. The van der Waals surface area contributed by atoms with E-state index in [-0.39, 0.29) is 5.57 Å². The molecule has 1 fully saturated rings. The third-order valence-corrected chi connectivity index (χ3v) is 2.95. The number of thiophene rings is 1. The average Bonchev–Trinajstić information content (AvgIpc) is 2.74. The summed E-state index contributed by atoms with van der Waals surface area (Å²) in [5, 5.41) is 3.93. The predicted molar refractivity (Wildman–Crippen MR) is 58.6 cm³/mol. The largest absolute Gasteiger partial charge is 0.331 e. The van der Waals surface area contributed by atoms with Gasteiger partial charge in [-0.15, -0.1) is 11.3 Å². The maximum Gasteiger partial charge on any atom is 0.331 e. The molecule has 82 valence electrons. The van der Waals surface area contributed by atoms with Gasteiger partial charge in [0.1, 0.15) is 5.57 Å². The highest BCUT2D eigenvalue weighted by Gasteiger charge is 2.32. The predicted octanol–water partition coefficient (Wildman–Crippen LogP) is 0.840. The van der Waals surface area contributed by atoms with Crippen LogP contribution in [0.5, 0.6) is 0 Å². The highest BCUT2D eigenvalue weighted by atomic mass is 32.1. The minimum absolute atomic E-state index is 0.0236. The molecule has 0 saturated carbocycles. The molecular weight excluding hydrogens is 228 g/mol. The Hall–Kier alpha value is -1.95. The van der Waals surface area contributed by atoms with E-state index in [1.54, 1.807) is 6.07 Å². The van der Waals surface area contributed by atoms with Crippen LogP contribution in [0.4, 0.5) is 4.79 Å². The number of barbiturate groups is 1. The Morgan fingerprint density at radius 1 is 1.38 bits per heavy atom. The second-order valence-electron chi connectivity index (χ2n) is 3.20. The Bertz CT molecular complexity index is 490. The molecule has 6 heteroatoms. The minimum Gasteiger partial charge on any atom is -0.273 e. The number of nitrogens with one attached hydrogen (secondary N) is 1. The second kappa shape index (κ2) is 3.90. The van der Waals surface area contributed by atoms with Gasteiger partial charge in [-0.25, -0.2) is 4.79 Å².